The number of aliphatic hydroxyl groups excluding tert-OH is 8. The molecule has 0 saturated carbocycles. The lowest BCUT2D eigenvalue weighted by molar-refractivity contribution is -0.277. The number of hydrogen-bond acceptors (Lipinski definition) is 17. The molecule has 5 rings (SSSR count). The van der Waals surface area contributed by atoms with Crippen LogP contribution in [-0.2, 0) is 9.47 Å². The Kier molecular flexibility index (Phi) is 8.87. The monoisotopic (exact) mass is 626 g/mol. The van der Waals surface area contributed by atoms with E-state index in [2.05, 4.69) is 0 Å². The number of ether oxygens (including phenoxy) is 4. The molecule has 240 valence electrons. The van der Waals surface area contributed by atoms with E-state index in [4.69, 9.17) is 23.4 Å². The zero-order valence-electron chi connectivity index (χ0n) is 22.4. The number of rotatable bonds is 7. The van der Waals surface area contributed by atoms with Gasteiger partial charge in [0.1, 0.15) is 71.3 Å². The zero-order chi connectivity index (χ0) is 32.0. The second kappa shape index (κ2) is 12.3. The summed E-state index contributed by atoms with van der Waals surface area (Å²) in [4.78, 5) is 14.1. The topological polar surface area (TPSA) is 290 Å². The molecule has 3 heterocycles. The van der Waals surface area contributed by atoms with Crippen molar-refractivity contribution >= 4 is 11.0 Å². The fourth-order valence-corrected chi connectivity index (χ4v) is 4.88. The van der Waals surface area contributed by atoms with Gasteiger partial charge in [0, 0.05) is 17.7 Å². The fraction of sp³-hybridized carbons (Fsp3) is 0.444. The number of fused-ring (bicyclic) bond motifs is 1. The van der Waals surface area contributed by atoms with Crippen LogP contribution in [0.4, 0.5) is 0 Å². The summed E-state index contributed by atoms with van der Waals surface area (Å²) in [6.07, 6.45) is -17.5. The number of phenols is 3. The lowest BCUT2D eigenvalue weighted by Crippen LogP contribution is -2.60. The molecule has 17 heteroatoms. The van der Waals surface area contributed by atoms with E-state index in [-0.39, 0.29) is 11.1 Å². The third kappa shape index (κ3) is 5.61. The Hall–Kier alpha value is -3.75. The predicted molar refractivity (Wildman–Crippen MR) is 142 cm³/mol. The van der Waals surface area contributed by atoms with Crippen LogP contribution in [0.25, 0.3) is 22.3 Å². The SMILES string of the molecule is O=c1c(O[C@@H]2O[C@H](CO)[C@@H](O)[C@H](O)[C@H]2O)c(-c2ccc(O)c(O)c2)oc2cc(O)cc(O[C@@H]3O[C@H](CO)[C@H](O)[C@H](O)[C@H]3O)c12. The molecule has 0 spiro atoms. The van der Waals surface area contributed by atoms with Gasteiger partial charge in [-0.05, 0) is 18.2 Å². The Bertz CT molecular complexity index is 1550. The molecule has 0 radical (unpaired) electrons. The third-order valence-electron chi connectivity index (χ3n) is 7.31. The van der Waals surface area contributed by atoms with Gasteiger partial charge in [0.05, 0.1) is 13.2 Å². The summed E-state index contributed by atoms with van der Waals surface area (Å²) >= 11 is 0. The van der Waals surface area contributed by atoms with Crippen LogP contribution in [0.3, 0.4) is 0 Å². The largest absolute Gasteiger partial charge is 0.508 e. The average molecular weight is 627 g/mol. The number of aromatic hydroxyl groups is 3. The van der Waals surface area contributed by atoms with E-state index in [1.807, 2.05) is 0 Å². The van der Waals surface area contributed by atoms with Gasteiger partial charge in [0.2, 0.25) is 23.8 Å². The molecule has 1 aromatic heterocycles. The van der Waals surface area contributed by atoms with Gasteiger partial charge in [0.15, 0.2) is 17.3 Å². The normalized spacial score (nSPS) is 32.5. The van der Waals surface area contributed by atoms with Gasteiger partial charge in [-0.15, -0.1) is 0 Å². The molecule has 2 aromatic carbocycles. The smallest absolute Gasteiger partial charge is 0.239 e. The highest BCUT2D eigenvalue weighted by molar-refractivity contribution is 5.88. The van der Waals surface area contributed by atoms with Crippen molar-refractivity contribution in [2.75, 3.05) is 13.2 Å². The molecule has 0 unspecified atom stereocenters. The van der Waals surface area contributed by atoms with E-state index >= 15 is 0 Å². The standard InChI is InChI=1S/C27H30O17/c28-6-14-17(33)20(36)22(38)26(42-14)41-13-5-9(30)4-12-16(13)19(35)25(24(40-12)8-1-2-10(31)11(32)3-8)44-27-23(39)21(37)18(34)15(7-29)43-27/h1-5,14-15,17-18,20-23,26-34,36-39H,6-7H2/t14-,15-,17+,18-,20+,21+,22-,23-,26-,27+/m1/s1. The minimum atomic E-state index is -1.96. The quantitative estimate of drug-likeness (QED) is 0.116. The molecule has 0 amide bonds. The van der Waals surface area contributed by atoms with Crippen molar-refractivity contribution in [2.45, 2.75) is 61.4 Å². The third-order valence-corrected chi connectivity index (χ3v) is 7.31. The van der Waals surface area contributed by atoms with Crippen molar-refractivity contribution in [1.29, 1.82) is 0 Å². The van der Waals surface area contributed by atoms with Crippen LogP contribution in [0.2, 0.25) is 0 Å². The summed E-state index contributed by atoms with van der Waals surface area (Å²) in [5.74, 6) is -3.37. The second-order valence-electron chi connectivity index (χ2n) is 10.2. The van der Waals surface area contributed by atoms with Crippen LogP contribution in [0, 0.1) is 0 Å². The molecular formula is C27H30O17. The van der Waals surface area contributed by atoms with Gasteiger partial charge in [-0.3, -0.25) is 4.79 Å². The molecule has 0 bridgehead atoms. The maximum Gasteiger partial charge on any atom is 0.239 e. The van der Waals surface area contributed by atoms with E-state index in [9.17, 15) is 61.0 Å². The Morgan fingerprint density at radius 3 is 1.80 bits per heavy atom. The van der Waals surface area contributed by atoms with Crippen molar-refractivity contribution in [3.63, 3.8) is 0 Å². The van der Waals surface area contributed by atoms with Crippen LogP contribution in [0.15, 0.2) is 39.5 Å². The Morgan fingerprint density at radius 2 is 1.25 bits per heavy atom. The highest BCUT2D eigenvalue weighted by Gasteiger charge is 2.46. The first-order valence-electron chi connectivity index (χ1n) is 13.2. The van der Waals surface area contributed by atoms with Crippen molar-refractivity contribution in [3.05, 3.63) is 40.6 Å². The van der Waals surface area contributed by atoms with Crippen molar-refractivity contribution in [3.8, 4) is 40.1 Å². The van der Waals surface area contributed by atoms with Crippen LogP contribution in [0.5, 0.6) is 28.7 Å². The van der Waals surface area contributed by atoms with Crippen molar-refractivity contribution < 1.29 is 79.5 Å². The summed E-state index contributed by atoms with van der Waals surface area (Å²) < 4.78 is 27.8. The van der Waals surface area contributed by atoms with Crippen molar-refractivity contribution in [2.24, 2.45) is 0 Å². The van der Waals surface area contributed by atoms with Gasteiger partial charge in [-0.2, -0.15) is 0 Å². The maximum absolute atomic E-state index is 14.1. The molecule has 0 aliphatic carbocycles. The number of aliphatic hydroxyl groups is 8. The van der Waals surface area contributed by atoms with E-state index in [0.717, 1.165) is 24.3 Å². The number of benzene rings is 2. The molecule has 2 aliphatic heterocycles. The lowest BCUT2D eigenvalue weighted by atomic mass is 9.99. The molecule has 17 nitrogen and oxygen atoms in total. The van der Waals surface area contributed by atoms with Crippen molar-refractivity contribution in [1.82, 2.24) is 0 Å². The summed E-state index contributed by atoms with van der Waals surface area (Å²) in [7, 11) is 0. The van der Waals surface area contributed by atoms with Gasteiger partial charge < -0.3 is 79.5 Å². The maximum atomic E-state index is 14.1. The Labute approximate surface area is 246 Å². The van der Waals surface area contributed by atoms with E-state index < -0.39 is 120 Å². The molecule has 11 N–H and O–H groups in total. The van der Waals surface area contributed by atoms with Crippen LogP contribution in [0.1, 0.15) is 0 Å². The summed E-state index contributed by atoms with van der Waals surface area (Å²) in [5, 5.41) is 110. The van der Waals surface area contributed by atoms with Gasteiger partial charge >= 0.3 is 0 Å². The van der Waals surface area contributed by atoms with Crippen LogP contribution < -0.4 is 14.9 Å². The van der Waals surface area contributed by atoms with Crippen LogP contribution >= 0.6 is 0 Å². The first kappa shape index (κ1) is 31.7. The molecule has 3 aromatic rings. The van der Waals surface area contributed by atoms with E-state index in [1.165, 1.54) is 6.07 Å². The summed E-state index contributed by atoms with van der Waals surface area (Å²) in [5.41, 5.74) is -1.51. The second-order valence-corrected chi connectivity index (χ2v) is 10.2. The molecule has 2 saturated heterocycles. The lowest BCUT2D eigenvalue weighted by Gasteiger charge is -2.39. The average Bonchev–Trinajstić information content (AvgIpc) is 2.99. The van der Waals surface area contributed by atoms with Gasteiger partial charge in [-0.25, -0.2) is 0 Å². The van der Waals surface area contributed by atoms with E-state index in [0.29, 0.717) is 0 Å². The minimum Gasteiger partial charge on any atom is -0.508 e. The van der Waals surface area contributed by atoms with E-state index in [1.54, 1.807) is 0 Å². The molecule has 44 heavy (non-hydrogen) atoms. The Balaban J connectivity index is 1.66. The highest BCUT2D eigenvalue weighted by atomic mass is 16.7. The van der Waals surface area contributed by atoms with Gasteiger partial charge in [-0.1, -0.05) is 0 Å². The number of phenolic OH excluding ortho intramolecular Hbond substituents is 3. The predicted octanol–water partition coefficient (Wildman–Crippen LogP) is -3.07. The molecule has 10 atom stereocenters. The molecule has 2 aliphatic rings. The minimum absolute atomic E-state index is 0.0707. The highest BCUT2D eigenvalue weighted by Crippen LogP contribution is 2.40. The molecular weight excluding hydrogens is 596 g/mol. The van der Waals surface area contributed by atoms with Gasteiger partial charge in [0.25, 0.3) is 0 Å². The number of hydrogen-bond donors (Lipinski definition) is 11. The summed E-state index contributed by atoms with van der Waals surface area (Å²) in [6, 6.07) is 5.19. The first-order chi connectivity index (χ1) is 20.9. The fourth-order valence-electron chi connectivity index (χ4n) is 4.88. The zero-order valence-corrected chi connectivity index (χ0v) is 22.4. The van der Waals surface area contributed by atoms with Crippen LogP contribution in [-0.4, -0.2) is 131 Å². The summed E-state index contributed by atoms with van der Waals surface area (Å²) in [6.45, 7) is -1.60. The Morgan fingerprint density at radius 1 is 0.682 bits per heavy atom. The molecule has 2 fully saturated rings. The first-order valence-corrected chi connectivity index (χ1v) is 13.2.